The van der Waals surface area contributed by atoms with Gasteiger partial charge in [-0.05, 0) is 82.9 Å². The Morgan fingerprint density at radius 3 is 1.98 bits per heavy atom. The predicted octanol–water partition coefficient (Wildman–Crippen LogP) is 7.38. The zero-order valence-electron chi connectivity index (χ0n) is 29.9. The number of alkyl halides is 3. The highest BCUT2D eigenvalue weighted by Gasteiger charge is 2.34. The van der Waals surface area contributed by atoms with Crippen LogP contribution in [-0.4, -0.2) is 60.8 Å². The van der Waals surface area contributed by atoms with Crippen molar-refractivity contribution < 1.29 is 56.7 Å². The molecule has 1 unspecified atom stereocenters. The van der Waals surface area contributed by atoms with Crippen molar-refractivity contribution in [3.63, 3.8) is 0 Å². The van der Waals surface area contributed by atoms with Crippen LogP contribution in [0.5, 0.6) is 23.0 Å². The summed E-state index contributed by atoms with van der Waals surface area (Å²) in [4.78, 5) is 38.5. The van der Waals surface area contributed by atoms with Crippen LogP contribution in [0.25, 0.3) is 11.1 Å². The van der Waals surface area contributed by atoms with E-state index in [-0.39, 0.29) is 29.3 Å². The maximum absolute atomic E-state index is 13.6. The molecule has 5 aromatic carbocycles. The summed E-state index contributed by atoms with van der Waals surface area (Å²) in [5.41, 5.74) is 1.91. The van der Waals surface area contributed by atoms with Gasteiger partial charge in [-0.15, -0.1) is 0 Å². The summed E-state index contributed by atoms with van der Waals surface area (Å²) in [7, 11) is 4.37. The van der Waals surface area contributed by atoms with Gasteiger partial charge in [0, 0.05) is 23.9 Å². The minimum Gasteiger partial charge on any atom is -0.497 e. The van der Waals surface area contributed by atoms with Gasteiger partial charge in [-0.3, -0.25) is 14.5 Å². The minimum absolute atomic E-state index is 0.000134. The lowest BCUT2D eigenvalue weighted by Gasteiger charge is -2.27. The number of carbonyl (C=O) groups excluding carboxylic acids is 2. The SMILES string of the molecule is COc1ccc(-c2ccc(C(=O)Oc3ccc(CN(CC(=O)O)C(O)c4ccc(NC(=O)Cc5ccc(OC)cc5C(F)(F)F)cc4)cc3)cc2)c(OC)c1. The van der Waals surface area contributed by atoms with Crippen LogP contribution < -0.4 is 24.3 Å². The molecule has 286 valence electrons. The fourth-order valence-corrected chi connectivity index (χ4v) is 5.72. The quantitative estimate of drug-likeness (QED) is 0.0562. The fraction of sp³-hybridized carbons (Fsp3) is 0.195. The topological polar surface area (TPSA) is 144 Å². The number of nitrogens with zero attached hydrogens (tertiary/aromatic N) is 1. The molecule has 0 radical (unpaired) electrons. The van der Waals surface area contributed by atoms with Crippen LogP contribution >= 0.6 is 0 Å². The highest BCUT2D eigenvalue weighted by atomic mass is 19.4. The van der Waals surface area contributed by atoms with Crippen molar-refractivity contribution in [3.8, 4) is 34.1 Å². The Bertz CT molecular complexity index is 2120. The molecule has 5 aromatic rings. The van der Waals surface area contributed by atoms with Crippen LogP contribution in [0.2, 0.25) is 0 Å². The molecule has 11 nitrogen and oxygen atoms in total. The fourth-order valence-electron chi connectivity index (χ4n) is 5.72. The molecule has 0 fully saturated rings. The number of aliphatic hydroxyl groups excluding tert-OH is 1. The molecule has 0 spiro atoms. The van der Waals surface area contributed by atoms with Crippen LogP contribution in [0.4, 0.5) is 18.9 Å². The predicted molar refractivity (Wildman–Crippen MR) is 196 cm³/mol. The van der Waals surface area contributed by atoms with Gasteiger partial charge in [0.25, 0.3) is 0 Å². The molecule has 0 bridgehead atoms. The molecule has 0 aliphatic carbocycles. The van der Waals surface area contributed by atoms with Crippen LogP contribution in [0.15, 0.2) is 109 Å². The number of carboxylic acids is 1. The number of halogens is 3. The Labute approximate surface area is 314 Å². The van der Waals surface area contributed by atoms with Crippen molar-refractivity contribution in [1.82, 2.24) is 4.90 Å². The lowest BCUT2D eigenvalue weighted by molar-refractivity contribution is -0.142. The van der Waals surface area contributed by atoms with Gasteiger partial charge in [0.1, 0.15) is 29.2 Å². The van der Waals surface area contributed by atoms with Crippen molar-refractivity contribution in [2.24, 2.45) is 0 Å². The molecule has 14 heteroatoms. The monoisotopic (exact) mass is 758 g/mol. The van der Waals surface area contributed by atoms with Crippen molar-refractivity contribution in [2.45, 2.75) is 25.4 Å². The van der Waals surface area contributed by atoms with E-state index in [0.717, 1.165) is 17.2 Å². The average Bonchev–Trinajstić information content (AvgIpc) is 3.17. The second-order valence-corrected chi connectivity index (χ2v) is 12.2. The molecular weight excluding hydrogens is 721 g/mol. The Morgan fingerprint density at radius 1 is 0.764 bits per heavy atom. The second-order valence-electron chi connectivity index (χ2n) is 12.2. The van der Waals surface area contributed by atoms with Crippen molar-refractivity contribution >= 4 is 23.5 Å². The average molecular weight is 759 g/mol. The third-order valence-electron chi connectivity index (χ3n) is 8.51. The van der Waals surface area contributed by atoms with Crippen LogP contribution in [0.1, 0.15) is 38.8 Å². The van der Waals surface area contributed by atoms with Crippen molar-refractivity contribution in [2.75, 3.05) is 33.2 Å². The Balaban J connectivity index is 1.19. The zero-order chi connectivity index (χ0) is 39.7. The summed E-state index contributed by atoms with van der Waals surface area (Å²) in [6, 6.07) is 27.8. The van der Waals surface area contributed by atoms with Crippen LogP contribution in [0.3, 0.4) is 0 Å². The summed E-state index contributed by atoms with van der Waals surface area (Å²) in [5.74, 6) is -0.966. The van der Waals surface area contributed by atoms with E-state index < -0.39 is 48.8 Å². The van der Waals surface area contributed by atoms with Gasteiger partial charge in [-0.25, -0.2) is 4.79 Å². The number of nitrogens with one attached hydrogen (secondary N) is 1. The summed E-state index contributed by atoms with van der Waals surface area (Å²) < 4.78 is 61.9. The number of amides is 1. The van der Waals surface area contributed by atoms with Gasteiger partial charge >= 0.3 is 18.1 Å². The molecule has 3 N–H and O–H groups in total. The van der Waals surface area contributed by atoms with E-state index in [4.69, 9.17) is 18.9 Å². The number of esters is 1. The molecule has 0 saturated carbocycles. The molecule has 0 aliphatic heterocycles. The number of anilines is 1. The smallest absolute Gasteiger partial charge is 0.416 e. The van der Waals surface area contributed by atoms with Gasteiger partial charge in [0.2, 0.25) is 5.91 Å². The second kappa shape index (κ2) is 17.6. The first-order valence-corrected chi connectivity index (χ1v) is 16.7. The van der Waals surface area contributed by atoms with E-state index in [1.54, 1.807) is 68.8 Å². The Morgan fingerprint density at radius 2 is 1.38 bits per heavy atom. The minimum atomic E-state index is -4.69. The molecule has 0 heterocycles. The first-order valence-electron chi connectivity index (χ1n) is 16.7. The Kier molecular flexibility index (Phi) is 12.8. The number of carbonyl (C=O) groups is 3. The number of aliphatic hydroxyl groups is 1. The molecule has 1 atom stereocenters. The largest absolute Gasteiger partial charge is 0.497 e. The summed E-state index contributed by atoms with van der Waals surface area (Å²) in [5, 5.41) is 23.2. The first kappa shape index (κ1) is 39.8. The lowest BCUT2D eigenvalue weighted by Crippen LogP contribution is -2.33. The van der Waals surface area contributed by atoms with E-state index in [9.17, 15) is 37.8 Å². The van der Waals surface area contributed by atoms with E-state index in [1.165, 1.54) is 48.4 Å². The highest BCUT2D eigenvalue weighted by molar-refractivity contribution is 5.93. The Hall–Kier alpha value is -6.38. The van der Waals surface area contributed by atoms with Crippen molar-refractivity contribution in [3.05, 3.63) is 137 Å². The normalized spacial score (nSPS) is 11.8. The van der Waals surface area contributed by atoms with E-state index in [1.807, 2.05) is 12.1 Å². The summed E-state index contributed by atoms with van der Waals surface area (Å²) in [6.07, 6.45) is -6.63. The van der Waals surface area contributed by atoms with Gasteiger partial charge in [-0.2, -0.15) is 13.2 Å². The van der Waals surface area contributed by atoms with Crippen LogP contribution in [-0.2, 0) is 28.7 Å². The van der Waals surface area contributed by atoms with Gasteiger partial charge in [0.05, 0.1) is 45.4 Å². The maximum Gasteiger partial charge on any atom is 0.416 e. The number of carboxylic acid groups (broad SMARTS) is 1. The molecule has 5 rings (SSSR count). The summed E-state index contributed by atoms with van der Waals surface area (Å²) >= 11 is 0. The van der Waals surface area contributed by atoms with E-state index >= 15 is 0 Å². The van der Waals surface area contributed by atoms with Gasteiger partial charge in [-0.1, -0.05) is 42.5 Å². The summed E-state index contributed by atoms with van der Waals surface area (Å²) in [6.45, 7) is -0.530. The molecule has 0 aliphatic rings. The molecule has 0 aromatic heterocycles. The van der Waals surface area contributed by atoms with Crippen LogP contribution in [0, 0.1) is 0 Å². The number of ether oxygens (including phenoxy) is 4. The van der Waals surface area contributed by atoms with E-state index in [0.29, 0.717) is 28.2 Å². The number of aliphatic carboxylic acids is 1. The first-order chi connectivity index (χ1) is 26.3. The van der Waals surface area contributed by atoms with E-state index in [2.05, 4.69) is 5.32 Å². The molecule has 1 amide bonds. The molecular formula is C41H37F3N2O9. The van der Waals surface area contributed by atoms with Gasteiger partial charge < -0.3 is 34.5 Å². The molecule has 55 heavy (non-hydrogen) atoms. The standard InChI is InChI=1S/C41H37F3N2O9/c1-52-32-17-12-29(35(21-32)41(42,43)44)20-37(47)45-30-13-10-27(11-14-30)39(50)46(24-38(48)49)23-25-4-15-31(16-5-25)55-40(51)28-8-6-26(7-9-28)34-19-18-33(53-2)22-36(34)54-3/h4-19,21-22,39,50H,20,23-24H2,1-3H3,(H,45,47)(H,48,49). The highest BCUT2D eigenvalue weighted by Crippen LogP contribution is 2.35. The van der Waals surface area contributed by atoms with Gasteiger partial charge in [0.15, 0.2) is 0 Å². The maximum atomic E-state index is 13.6. The third-order valence-corrected chi connectivity index (χ3v) is 8.51. The number of rotatable bonds is 15. The third kappa shape index (κ3) is 10.4. The zero-order valence-corrected chi connectivity index (χ0v) is 29.9. The number of hydrogen-bond acceptors (Lipinski definition) is 9. The number of benzene rings is 5. The van der Waals surface area contributed by atoms with Crippen molar-refractivity contribution in [1.29, 1.82) is 0 Å². The molecule has 0 saturated heterocycles. The lowest BCUT2D eigenvalue weighted by atomic mass is 10.0. The number of hydrogen-bond donors (Lipinski definition) is 3. The number of methoxy groups -OCH3 is 3.